The molecule has 0 unspecified atom stereocenters. The summed E-state index contributed by atoms with van der Waals surface area (Å²) in [4.78, 5) is 11.2. The Kier molecular flexibility index (Phi) is 3.92. The van der Waals surface area contributed by atoms with Gasteiger partial charge in [0, 0.05) is 12.6 Å². The molecule has 2 heteroatoms. The highest BCUT2D eigenvalue weighted by Crippen LogP contribution is 2.05. The van der Waals surface area contributed by atoms with Crippen LogP contribution >= 0.6 is 0 Å². The molecule has 1 rings (SSSR count). The van der Waals surface area contributed by atoms with E-state index in [1.807, 2.05) is 37.3 Å². The number of amides is 1. The summed E-state index contributed by atoms with van der Waals surface area (Å²) in [6.07, 6.45) is 5.03. The van der Waals surface area contributed by atoms with Crippen molar-refractivity contribution in [3.8, 4) is 0 Å². The summed E-state index contributed by atoms with van der Waals surface area (Å²) in [6, 6.07) is 7.64. The van der Waals surface area contributed by atoms with Gasteiger partial charge in [0.2, 0.25) is 0 Å². The molecule has 1 aromatic carbocycles. The molecule has 0 atom stereocenters. The van der Waals surface area contributed by atoms with Gasteiger partial charge in [-0.15, -0.1) is 0 Å². The Balaban J connectivity index is 2.73. The van der Waals surface area contributed by atoms with E-state index >= 15 is 0 Å². The number of carbonyl (C=O) groups is 1. The number of rotatable bonds is 3. The summed E-state index contributed by atoms with van der Waals surface area (Å²) >= 11 is 0. The van der Waals surface area contributed by atoms with E-state index in [0.717, 1.165) is 6.42 Å². The minimum atomic E-state index is -0.0393. The fourth-order valence-corrected chi connectivity index (χ4v) is 1.19. The van der Waals surface area contributed by atoms with Crippen LogP contribution in [-0.2, 0) is 6.42 Å². The van der Waals surface area contributed by atoms with Crippen molar-refractivity contribution >= 4 is 5.91 Å². The molecule has 0 aliphatic rings. The summed E-state index contributed by atoms with van der Waals surface area (Å²) in [5.74, 6) is -0.0393. The van der Waals surface area contributed by atoms with Crippen LogP contribution in [-0.4, -0.2) is 13.0 Å². The van der Waals surface area contributed by atoms with Gasteiger partial charge in [0.15, 0.2) is 0 Å². The second kappa shape index (κ2) is 5.22. The van der Waals surface area contributed by atoms with E-state index < -0.39 is 0 Å². The quantitative estimate of drug-likeness (QED) is 0.725. The van der Waals surface area contributed by atoms with Gasteiger partial charge in [-0.05, 0) is 31.0 Å². The van der Waals surface area contributed by atoms with Crippen LogP contribution in [0, 0.1) is 0 Å². The molecule has 1 N–H and O–H groups in total. The Labute approximate surface area is 84.6 Å². The zero-order valence-corrected chi connectivity index (χ0v) is 8.58. The van der Waals surface area contributed by atoms with Gasteiger partial charge in [0.05, 0.1) is 0 Å². The van der Waals surface area contributed by atoms with Crippen LogP contribution in [0.2, 0.25) is 0 Å². The number of nitrogens with one attached hydrogen (secondary N) is 1. The zero-order valence-electron chi connectivity index (χ0n) is 8.58. The minimum absolute atomic E-state index is 0.0393. The summed E-state index contributed by atoms with van der Waals surface area (Å²) in [5.41, 5.74) is 1.92. The molecule has 0 fully saturated rings. The molecule has 1 amide bonds. The van der Waals surface area contributed by atoms with Crippen LogP contribution in [0.25, 0.3) is 0 Å². The van der Waals surface area contributed by atoms with Crippen LogP contribution in [0.15, 0.2) is 36.4 Å². The molecule has 0 aliphatic heterocycles. The van der Waals surface area contributed by atoms with Gasteiger partial charge < -0.3 is 5.32 Å². The molecule has 0 heterocycles. The van der Waals surface area contributed by atoms with E-state index in [9.17, 15) is 4.79 Å². The highest BCUT2D eigenvalue weighted by molar-refractivity contribution is 5.93. The first-order chi connectivity index (χ1) is 6.77. The molecule has 0 spiro atoms. The van der Waals surface area contributed by atoms with Crippen molar-refractivity contribution in [3.05, 3.63) is 47.5 Å². The second-order valence-electron chi connectivity index (χ2n) is 3.05. The van der Waals surface area contributed by atoms with E-state index in [1.54, 1.807) is 7.05 Å². The molecule has 0 radical (unpaired) electrons. The number of allylic oxidation sites excluding steroid dienone is 2. The molecule has 0 aliphatic carbocycles. The van der Waals surface area contributed by atoms with Gasteiger partial charge in [0.25, 0.3) is 5.91 Å². The number of hydrogen-bond acceptors (Lipinski definition) is 1. The molecule has 0 saturated carbocycles. The highest BCUT2D eigenvalue weighted by Gasteiger charge is 2.00. The third-order valence-electron chi connectivity index (χ3n) is 2.03. The average Bonchev–Trinajstić information content (AvgIpc) is 2.26. The van der Waals surface area contributed by atoms with E-state index in [2.05, 4.69) is 11.4 Å². The molecule has 1 aromatic rings. The maximum absolute atomic E-state index is 11.2. The van der Waals surface area contributed by atoms with Crippen molar-refractivity contribution in [1.82, 2.24) is 5.32 Å². The van der Waals surface area contributed by atoms with Crippen LogP contribution in [0.4, 0.5) is 0 Å². The van der Waals surface area contributed by atoms with E-state index in [1.165, 1.54) is 5.56 Å². The minimum Gasteiger partial charge on any atom is -0.355 e. The Hall–Kier alpha value is -1.57. The fourth-order valence-electron chi connectivity index (χ4n) is 1.19. The Morgan fingerprint density at radius 3 is 2.50 bits per heavy atom. The van der Waals surface area contributed by atoms with E-state index in [-0.39, 0.29) is 5.91 Å². The molecule has 14 heavy (non-hydrogen) atoms. The van der Waals surface area contributed by atoms with Crippen molar-refractivity contribution in [2.45, 2.75) is 13.3 Å². The second-order valence-corrected chi connectivity index (χ2v) is 3.05. The Bertz CT molecular complexity index is 325. The topological polar surface area (TPSA) is 29.1 Å². The number of benzene rings is 1. The van der Waals surface area contributed by atoms with Gasteiger partial charge in [-0.25, -0.2) is 0 Å². The van der Waals surface area contributed by atoms with Crippen molar-refractivity contribution in [2.24, 2.45) is 0 Å². The predicted octanol–water partition coefficient (Wildman–Crippen LogP) is 2.16. The third kappa shape index (κ3) is 2.73. The predicted molar refractivity (Wildman–Crippen MR) is 58.4 cm³/mol. The first-order valence-corrected chi connectivity index (χ1v) is 4.70. The fraction of sp³-hybridized carbons (Fsp3) is 0.250. The largest absolute Gasteiger partial charge is 0.355 e. The molecule has 2 nitrogen and oxygen atoms in total. The number of hydrogen-bond donors (Lipinski definition) is 1. The summed E-state index contributed by atoms with van der Waals surface area (Å²) in [6.45, 7) is 2.00. The van der Waals surface area contributed by atoms with Crippen LogP contribution in [0.3, 0.4) is 0 Å². The van der Waals surface area contributed by atoms with Gasteiger partial charge >= 0.3 is 0 Å². The molecule has 0 bridgehead atoms. The van der Waals surface area contributed by atoms with Gasteiger partial charge in [-0.1, -0.05) is 24.3 Å². The smallest absolute Gasteiger partial charge is 0.251 e. The first kappa shape index (κ1) is 10.5. The van der Waals surface area contributed by atoms with Crippen molar-refractivity contribution in [2.75, 3.05) is 7.05 Å². The first-order valence-electron chi connectivity index (χ1n) is 4.70. The van der Waals surface area contributed by atoms with Crippen LogP contribution in [0.5, 0.6) is 0 Å². The summed E-state index contributed by atoms with van der Waals surface area (Å²) in [7, 11) is 1.63. The summed E-state index contributed by atoms with van der Waals surface area (Å²) < 4.78 is 0. The van der Waals surface area contributed by atoms with Gasteiger partial charge in [0.1, 0.15) is 0 Å². The monoisotopic (exact) mass is 189 g/mol. The lowest BCUT2D eigenvalue weighted by Gasteiger charge is -2.00. The summed E-state index contributed by atoms with van der Waals surface area (Å²) in [5, 5.41) is 2.59. The Morgan fingerprint density at radius 2 is 2.00 bits per heavy atom. The molecular weight excluding hydrogens is 174 g/mol. The molecule has 0 aromatic heterocycles. The SMILES string of the molecule is C/C=C/Cc1ccc(C(=O)NC)cc1. The maximum Gasteiger partial charge on any atom is 0.251 e. The standard InChI is InChI=1S/C12H15NO/c1-3-4-5-10-6-8-11(9-7-10)12(14)13-2/h3-4,6-9H,5H2,1-2H3,(H,13,14)/b4-3+. The highest BCUT2D eigenvalue weighted by atomic mass is 16.1. The van der Waals surface area contributed by atoms with Gasteiger partial charge in [-0.2, -0.15) is 0 Å². The third-order valence-corrected chi connectivity index (χ3v) is 2.03. The molecule has 74 valence electrons. The maximum atomic E-state index is 11.2. The molecular formula is C12H15NO. The average molecular weight is 189 g/mol. The van der Waals surface area contributed by atoms with Crippen molar-refractivity contribution < 1.29 is 4.79 Å². The Morgan fingerprint density at radius 1 is 1.36 bits per heavy atom. The molecule has 0 saturated heterocycles. The van der Waals surface area contributed by atoms with Crippen LogP contribution < -0.4 is 5.32 Å². The lowest BCUT2D eigenvalue weighted by Crippen LogP contribution is -2.17. The normalized spacial score (nSPS) is 10.4. The zero-order chi connectivity index (χ0) is 10.4. The van der Waals surface area contributed by atoms with Gasteiger partial charge in [-0.3, -0.25) is 4.79 Å². The number of carbonyl (C=O) groups excluding carboxylic acids is 1. The van der Waals surface area contributed by atoms with Crippen molar-refractivity contribution in [3.63, 3.8) is 0 Å². The van der Waals surface area contributed by atoms with Crippen LogP contribution in [0.1, 0.15) is 22.8 Å². The van der Waals surface area contributed by atoms with E-state index in [0.29, 0.717) is 5.56 Å². The van der Waals surface area contributed by atoms with Crippen molar-refractivity contribution in [1.29, 1.82) is 0 Å². The van der Waals surface area contributed by atoms with E-state index in [4.69, 9.17) is 0 Å². The lowest BCUT2D eigenvalue weighted by atomic mass is 10.1. The lowest BCUT2D eigenvalue weighted by molar-refractivity contribution is 0.0963.